The Morgan fingerprint density at radius 1 is 1.36 bits per heavy atom. The molecular formula is C12H12N2. The molecule has 0 radical (unpaired) electrons. The molecule has 3 rings (SSSR count). The van der Waals surface area contributed by atoms with Crippen molar-refractivity contribution < 1.29 is 0 Å². The molecule has 1 aromatic heterocycles. The fourth-order valence-corrected chi connectivity index (χ4v) is 1.86. The van der Waals surface area contributed by atoms with Crippen molar-refractivity contribution in [3.05, 3.63) is 35.5 Å². The van der Waals surface area contributed by atoms with E-state index in [-0.39, 0.29) is 0 Å². The Morgan fingerprint density at radius 2 is 2.14 bits per heavy atom. The lowest BCUT2D eigenvalue weighted by molar-refractivity contribution is 0.792. The number of hydrogen-bond donors (Lipinski definition) is 0. The third-order valence-corrected chi connectivity index (χ3v) is 2.72. The molecule has 14 heavy (non-hydrogen) atoms. The Labute approximate surface area is 82.8 Å². The molecule has 0 saturated carbocycles. The molecule has 1 aliphatic rings. The highest BCUT2D eigenvalue weighted by molar-refractivity contribution is 5.94. The molecule has 1 aromatic carbocycles. The lowest BCUT2D eigenvalue weighted by Crippen LogP contribution is -1.89. The lowest BCUT2D eigenvalue weighted by Gasteiger charge is -1.94. The van der Waals surface area contributed by atoms with E-state index >= 15 is 0 Å². The average molecular weight is 184 g/mol. The van der Waals surface area contributed by atoms with E-state index in [1.165, 1.54) is 27.7 Å². The highest BCUT2D eigenvalue weighted by atomic mass is 15.3. The highest BCUT2D eigenvalue weighted by Gasteiger charge is 2.17. The largest absolute Gasteiger partial charge is 0.267 e. The van der Waals surface area contributed by atoms with Crippen LogP contribution in [0.4, 0.5) is 0 Å². The first-order valence-corrected chi connectivity index (χ1v) is 4.88. The van der Waals surface area contributed by atoms with Crippen molar-refractivity contribution >= 4 is 16.5 Å². The van der Waals surface area contributed by atoms with Crippen molar-refractivity contribution in [1.82, 2.24) is 9.78 Å². The Kier molecular flexibility index (Phi) is 1.38. The molecule has 2 aromatic rings. The normalized spacial score (nSPS) is 14.6. The SMILES string of the molecule is Cc1ccc2c(c1)c(C1=CC1)nn2C. The maximum Gasteiger partial charge on any atom is 0.0961 e. The van der Waals surface area contributed by atoms with Gasteiger partial charge in [-0.15, -0.1) is 0 Å². The predicted octanol–water partition coefficient (Wildman–Crippen LogP) is 2.67. The summed E-state index contributed by atoms with van der Waals surface area (Å²) < 4.78 is 1.96. The van der Waals surface area contributed by atoms with Crippen LogP contribution in [0.25, 0.3) is 16.5 Å². The molecule has 0 fully saturated rings. The van der Waals surface area contributed by atoms with Gasteiger partial charge in [0.25, 0.3) is 0 Å². The molecule has 0 N–H and O–H groups in total. The van der Waals surface area contributed by atoms with Crippen molar-refractivity contribution in [3.8, 4) is 0 Å². The summed E-state index contributed by atoms with van der Waals surface area (Å²) in [6, 6.07) is 6.50. The van der Waals surface area contributed by atoms with Gasteiger partial charge >= 0.3 is 0 Å². The zero-order chi connectivity index (χ0) is 9.71. The number of allylic oxidation sites excluding steroid dienone is 2. The van der Waals surface area contributed by atoms with E-state index in [0.717, 1.165) is 6.42 Å². The minimum Gasteiger partial charge on any atom is -0.267 e. The lowest BCUT2D eigenvalue weighted by atomic mass is 10.1. The predicted molar refractivity (Wildman–Crippen MR) is 58.0 cm³/mol. The van der Waals surface area contributed by atoms with Gasteiger partial charge in [0, 0.05) is 12.4 Å². The molecule has 0 spiro atoms. The summed E-state index contributed by atoms with van der Waals surface area (Å²) in [5.74, 6) is 0. The monoisotopic (exact) mass is 184 g/mol. The Hall–Kier alpha value is -1.57. The van der Waals surface area contributed by atoms with Crippen LogP contribution in [0, 0.1) is 6.92 Å². The van der Waals surface area contributed by atoms with Crippen molar-refractivity contribution in [2.75, 3.05) is 0 Å². The minimum atomic E-state index is 1.11. The quantitative estimate of drug-likeness (QED) is 0.666. The van der Waals surface area contributed by atoms with E-state index in [2.05, 4.69) is 36.3 Å². The minimum absolute atomic E-state index is 1.11. The van der Waals surface area contributed by atoms with Crippen LogP contribution in [0.1, 0.15) is 17.7 Å². The van der Waals surface area contributed by atoms with Gasteiger partial charge in [-0.1, -0.05) is 17.7 Å². The number of aromatic nitrogens is 2. The molecule has 0 atom stereocenters. The molecule has 2 heteroatoms. The summed E-state index contributed by atoms with van der Waals surface area (Å²) in [6.45, 7) is 2.12. The van der Waals surface area contributed by atoms with Crippen LogP contribution in [0.5, 0.6) is 0 Å². The van der Waals surface area contributed by atoms with Gasteiger partial charge in [0.2, 0.25) is 0 Å². The molecule has 2 nitrogen and oxygen atoms in total. The van der Waals surface area contributed by atoms with E-state index in [1.54, 1.807) is 0 Å². The van der Waals surface area contributed by atoms with Crippen molar-refractivity contribution in [2.45, 2.75) is 13.3 Å². The molecule has 0 saturated heterocycles. The molecule has 0 amide bonds. The van der Waals surface area contributed by atoms with Crippen LogP contribution >= 0.6 is 0 Å². The number of hydrogen-bond acceptors (Lipinski definition) is 1. The summed E-state index contributed by atoms with van der Waals surface area (Å²) in [7, 11) is 2.00. The first-order valence-electron chi connectivity index (χ1n) is 4.88. The first kappa shape index (κ1) is 7.80. The van der Waals surface area contributed by atoms with Gasteiger partial charge in [-0.25, -0.2) is 0 Å². The first-order chi connectivity index (χ1) is 6.75. The van der Waals surface area contributed by atoms with Crippen LogP contribution in [-0.4, -0.2) is 9.78 Å². The number of rotatable bonds is 1. The summed E-state index contributed by atoms with van der Waals surface area (Å²) in [6.07, 6.45) is 3.34. The average Bonchev–Trinajstić information content (AvgIpc) is 2.93. The maximum atomic E-state index is 4.54. The molecule has 70 valence electrons. The van der Waals surface area contributed by atoms with Crippen LogP contribution in [-0.2, 0) is 7.05 Å². The van der Waals surface area contributed by atoms with Crippen molar-refractivity contribution in [1.29, 1.82) is 0 Å². The number of fused-ring (bicyclic) bond motifs is 1. The molecule has 0 bridgehead atoms. The maximum absolute atomic E-state index is 4.54. The standard InChI is InChI=1S/C12H12N2/c1-8-3-6-11-10(7-8)12(9-4-5-9)13-14(11)2/h3-4,6-7H,5H2,1-2H3. The van der Waals surface area contributed by atoms with Crippen LogP contribution in [0.15, 0.2) is 24.3 Å². The fraction of sp³-hybridized carbons (Fsp3) is 0.250. The second kappa shape index (κ2) is 2.47. The Bertz CT molecular complexity index is 547. The van der Waals surface area contributed by atoms with Crippen molar-refractivity contribution in [2.24, 2.45) is 7.05 Å². The second-order valence-electron chi connectivity index (χ2n) is 3.93. The van der Waals surface area contributed by atoms with E-state index in [9.17, 15) is 0 Å². The van der Waals surface area contributed by atoms with Gasteiger partial charge in [0.15, 0.2) is 0 Å². The van der Waals surface area contributed by atoms with Crippen LogP contribution < -0.4 is 0 Å². The number of benzene rings is 1. The molecule has 0 unspecified atom stereocenters. The third kappa shape index (κ3) is 1.00. The van der Waals surface area contributed by atoms with E-state index in [1.807, 2.05) is 11.7 Å². The van der Waals surface area contributed by atoms with Crippen LogP contribution in [0.3, 0.4) is 0 Å². The van der Waals surface area contributed by atoms with Gasteiger partial charge in [0.1, 0.15) is 0 Å². The van der Waals surface area contributed by atoms with E-state index in [0.29, 0.717) is 0 Å². The van der Waals surface area contributed by atoms with Gasteiger partial charge in [0.05, 0.1) is 11.2 Å². The zero-order valence-electron chi connectivity index (χ0n) is 8.41. The number of nitrogens with zero attached hydrogens (tertiary/aromatic N) is 2. The molecule has 1 heterocycles. The van der Waals surface area contributed by atoms with Gasteiger partial charge in [-0.05, 0) is 31.1 Å². The Morgan fingerprint density at radius 3 is 2.86 bits per heavy atom. The van der Waals surface area contributed by atoms with Crippen LogP contribution in [0.2, 0.25) is 0 Å². The van der Waals surface area contributed by atoms with Gasteiger partial charge in [-0.3, -0.25) is 4.68 Å². The summed E-state index contributed by atoms with van der Waals surface area (Å²) >= 11 is 0. The zero-order valence-corrected chi connectivity index (χ0v) is 8.41. The summed E-state index contributed by atoms with van der Waals surface area (Å²) in [4.78, 5) is 0. The Balaban J connectivity index is 2.39. The highest BCUT2D eigenvalue weighted by Crippen LogP contribution is 2.34. The van der Waals surface area contributed by atoms with Gasteiger partial charge in [-0.2, -0.15) is 5.10 Å². The molecular weight excluding hydrogens is 172 g/mol. The molecule has 0 aliphatic heterocycles. The third-order valence-electron chi connectivity index (χ3n) is 2.72. The van der Waals surface area contributed by atoms with Crippen molar-refractivity contribution in [3.63, 3.8) is 0 Å². The van der Waals surface area contributed by atoms with E-state index < -0.39 is 0 Å². The summed E-state index contributed by atoms with van der Waals surface area (Å²) in [5, 5.41) is 5.83. The summed E-state index contributed by atoms with van der Waals surface area (Å²) in [5.41, 5.74) is 5.08. The topological polar surface area (TPSA) is 17.8 Å². The molecule has 1 aliphatic carbocycles. The smallest absolute Gasteiger partial charge is 0.0961 e. The fourth-order valence-electron chi connectivity index (χ4n) is 1.86. The second-order valence-corrected chi connectivity index (χ2v) is 3.93. The number of aryl methyl sites for hydroxylation is 2. The van der Waals surface area contributed by atoms with E-state index in [4.69, 9.17) is 0 Å². The van der Waals surface area contributed by atoms with Gasteiger partial charge < -0.3 is 0 Å².